The molecule has 0 bridgehead atoms. The van der Waals surface area contributed by atoms with Crippen LogP contribution in [0.3, 0.4) is 0 Å². The van der Waals surface area contributed by atoms with Crippen LogP contribution in [0.5, 0.6) is 0 Å². The number of rotatable bonds is 8. The van der Waals surface area contributed by atoms with Crippen molar-refractivity contribution in [3.8, 4) is 0 Å². The van der Waals surface area contributed by atoms with Gasteiger partial charge in [0, 0.05) is 0 Å². The SMILES string of the molecule is CCCC[C@@](C)(CC)C(CC)(C(=O)O)C(=O)O. The van der Waals surface area contributed by atoms with E-state index in [1.165, 1.54) is 0 Å². The summed E-state index contributed by atoms with van der Waals surface area (Å²) < 4.78 is 0. The van der Waals surface area contributed by atoms with Crippen LogP contribution in [0.2, 0.25) is 0 Å². The fourth-order valence-corrected chi connectivity index (χ4v) is 2.60. The molecule has 0 saturated carbocycles. The highest BCUT2D eigenvalue weighted by atomic mass is 16.4. The third-order valence-electron chi connectivity index (χ3n) is 4.15. The van der Waals surface area contributed by atoms with Crippen molar-refractivity contribution in [2.24, 2.45) is 10.8 Å². The largest absolute Gasteiger partial charge is 0.480 e. The summed E-state index contributed by atoms with van der Waals surface area (Å²) in [5.41, 5.74) is -2.37. The summed E-state index contributed by atoms with van der Waals surface area (Å²) in [5.74, 6) is -2.43. The molecule has 0 aromatic heterocycles. The first-order valence-corrected chi connectivity index (χ1v) is 6.29. The predicted octanol–water partition coefficient (Wildman–Crippen LogP) is 3.16. The lowest BCUT2D eigenvalue weighted by atomic mass is 9.59. The van der Waals surface area contributed by atoms with Crippen molar-refractivity contribution in [1.29, 1.82) is 0 Å². The maximum atomic E-state index is 11.5. The van der Waals surface area contributed by atoms with E-state index < -0.39 is 22.8 Å². The fourth-order valence-electron chi connectivity index (χ4n) is 2.60. The molecule has 0 unspecified atom stereocenters. The summed E-state index contributed by atoms with van der Waals surface area (Å²) in [6.07, 6.45) is 3.10. The van der Waals surface area contributed by atoms with E-state index in [1.54, 1.807) is 13.8 Å². The third kappa shape index (κ3) is 2.61. The molecule has 0 radical (unpaired) electrons. The maximum absolute atomic E-state index is 11.5. The monoisotopic (exact) mass is 244 g/mol. The summed E-state index contributed by atoms with van der Waals surface area (Å²) in [6, 6.07) is 0. The van der Waals surface area contributed by atoms with E-state index in [-0.39, 0.29) is 6.42 Å². The summed E-state index contributed by atoms with van der Waals surface area (Å²) in [6.45, 7) is 7.31. The second kappa shape index (κ2) is 6.03. The van der Waals surface area contributed by atoms with Gasteiger partial charge in [0.05, 0.1) is 0 Å². The average Bonchev–Trinajstić information content (AvgIpc) is 2.26. The molecule has 100 valence electrons. The lowest BCUT2D eigenvalue weighted by Crippen LogP contribution is -2.51. The van der Waals surface area contributed by atoms with Gasteiger partial charge in [-0.1, -0.05) is 40.5 Å². The molecule has 4 nitrogen and oxygen atoms in total. The molecule has 1 atom stereocenters. The van der Waals surface area contributed by atoms with Gasteiger partial charge in [-0.05, 0) is 24.7 Å². The Kier molecular flexibility index (Phi) is 5.66. The standard InChI is InChI=1S/C13H24O4/c1-5-8-9-12(4,6-2)13(7-3,10(14)15)11(16)17/h5-9H2,1-4H3,(H,14,15)(H,16,17)/t12-/m1/s1. The zero-order chi connectivity index (χ0) is 13.7. The first kappa shape index (κ1) is 15.9. The summed E-state index contributed by atoms with van der Waals surface area (Å²) in [5, 5.41) is 18.8. The number of carboxylic acids is 2. The van der Waals surface area contributed by atoms with Crippen LogP contribution in [0.25, 0.3) is 0 Å². The molecule has 0 rings (SSSR count). The number of aliphatic carboxylic acids is 2. The Labute approximate surface area is 103 Å². The zero-order valence-corrected chi connectivity index (χ0v) is 11.2. The fraction of sp³-hybridized carbons (Fsp3) is 0.846. The van der Waals surface area contributed by atoms with Crippen LogP contribution in [0.15, 0.2) is 0 Å². The van der Waals surface area contributed by atoms with Crippen LogP contribution in [0.1, 0.15) is 59.8 Å². The van der Waals surface area contributed by atoms with Gasteiger partial charge in [0.1, 0.15) is 0 Å². The van der Waals surface area contributed by atoms with Crippen molar-refractivity contribution in [2.45, 2.75) is 59.8 Å². The molecule has 2 N–H and O–H groups in total. The average molecular weight is 244 g/mol. The molecule has 0 aliphatic carbocycles. The van der Waals surface area contributed by atoms with E-state index in [9.17, 15) is 19.8 Å². The Morgan fingerprint density at radius 1 is 1.00 bits per heavy atom. The molecule has 0 aromatic rings. The number of hydrogen-bond acceptors (Lipinski definition) is 2. The molecule has 0 aliphatic rings. The predicted molar refractivity (Wildman–Crippen MR) is 65.9 cm³/mol. The van der Waals surface area contributed by atoms with Crippen molar-refractivity contribution in [3.63, 3.8) is 0 Å². The Morgan fingerprint density at radius 2 is 1.47 bits per heavy atom. The van der Waals surface area contributed by atoms with Gasteiger partial charge in [0.15, 0.2) is 5.41 Å². The van der Waals surface area contributed by atoms with E-state index in [1.807, 2.05) is 13.8 Å². The Bertz CT molecular complexity index is 271. The van der Waals surface area contributed by atoms with Crippen molar-refractivity contribution < 1.29 is 19.8 Å². The van der Waals surface area contributed by atoms with Crippen LogP contribution < -0.4 is 0 Å². The highest BCUT2D eigenvalue weighted by molar-refractivity contribution is 5.99. The minimum Gasteiger partial charge on any atom is -0.480 e. The molecule has 0 fully saturated rings. The van der Waals surface area contributed by atoms with E-state index in [4.69, 9.17) is 0 Å². The second-order valence-corrected chi connectivity index (χ2v) is 4.89. The summed E-state index contributed by atoms with van der Waals surface area (Å²) >= 11 is 0. The van der Waals surface area contributed by atoms with Gasteiger partial charge in [0.25, 0.3) is 0 Å². The maximum Gasteiger partial charge on any atom is 0.321 e. The molecule has 0 spiro atoms. The Hall–Kier alpha value is -1.06. The smallest absolute Gasteiger partial charge is 0.321 e. The summed E-state index contributed by atoms with van der Waals surface area (Å²) in [4.78, 5) is 23.0. The van der Waals surface area contributed by atoms with Crippen LogP contribution in [-0.2, 0) is 9.59 Å². The van der Waals surface area contributed by atoms with Gasteiger partial charge in [-0.25, -0.2) is 0 Å². The third-order valence-corrected chi connectivity index (χ3v) is 4.15. The second-order valence-electron chi connectivity index (χ2n) is 4.89. The van der Waals surface area contributed by atoms with Crippen LogP contribution in [0, 0.1) is 10.8 Å². The van der Waals surface area contributed by atoms with Crippen LogP contribution in [-0.4, -0.2) is 22.2 Å². The molecule has 17 heavy (non-hydrogen) atoms. The molecular weight excluding hydrogens is 220 g/mol. The minimum absolute atomic E-state index is 0.117. The lowest BCUT2D eigenvalue weighted by Gasteiger charge is -2.42. The van der Waals surface area contributed by atoms with Crippen LogP contribution >= 0.6 is 0 Å². The van der Waals surface area contributed by atoms with Gasteiger partial charge in [0.2, 0.25) is 0 Å². The first-order valence-electron chi connectivity index (χ1n) is 6.29. The summed E-state index contributed by atoms with van der Waals surface area (Å²) in [7, 11) is 0. The molecule has 0 aromatic carbocycles. The molecule has 0 saturated heterocycles. The van der Waals surface area contributed by atoms with E-state index in [0.717, 1.165) is 12.8 Å². The van der Waals surface area contributed by atoms with E-state index in [2.05, 4.69) is 0 Å². The normalized spacial score (nSPS) is 15.3. The Morgan fingerprint density at radius 3 is 1.71 bits per heavy atom. The minimum atomic E-state index is -1.67. The van der Waals surface area contributed by atoms with Crippen molar-refractivity contribution in [3.05, 3.63) is 0 Å². The lowest BCUT2D eigenvalue weighted by molar-refractivity contribution is -0.177. The van der Waals surface area contributed by atoms with E-state index >= 15 is 0 Å². The van der Waals surface area contributed by atoms with Gasteiger partial charge in [-0.15, -0.1) is 0 Å². The number of carbonyl (C=O) groups is 2. The van der Waals surface area contributed by atoms with E-state index in [0.29, 0.717) is 12.8 Å². The molecule has 0 aliphatic heterocycles. The molecule has 4 heteroatoms. The first-order chi connectivity index (χ1) is 7.82. The highest BCUT2D eigenvalue weighted by Crippen LogP contribution is 2.48. The highest BCUT2D eigenvalue weighted by Gasteiger charge is 2.57. The topological polar surface area (TPSA) is 74.6 Å². The number of hydrogen-bond donors (Lipinski definition) is 2. The molecular formula is C13H24O4. The van der Waals surface area contributed by atoms with Gasteiger partial charge in [-0.2, -0.15) is 0 Å². The molecule has 0 amide bonds. The van der Waals surface area contributed by atoms with Gasteiger partial charge < -0.3 is 10.2 Å². The van der Waals surface area contributed by atoms with Crippen molar-refractivity contribution >= 4 is 11.9 Å². The quantitative estimate of drug-likeness (QED) is 0.643. The zero-order valence-electron chi connectivity index (χ0n) is 11.2. The number of carboxylic acid groups (broad SMARTS) is 2. The Balaban J connectivity index is 5.52. The van der Waals surface area contributed by atoms with Crippen LogP contribution in [0.4, 0.5) is 0 Å². The van der Waals surface area contributed by atoms with Crippen molar-refractivity contribution in [1.82, 2.24) is 0 Å². The molecule has 0 heterocycles. The van der Waals surface area contributed by atoms with Gasteiger partial charge in [-0.3, -0.25) is 9.59 Å². The van der Waals surface area contributed by atoms with Crippen molar-refractivity contribution in [2.75, 3.05) is 0 Å². The van der Waals surface area contributed by atoms with Gasteiger partial charge >= 0.3 is 11.9 Å². The number of unbranched alkanes of at least 4 members (excludes halogenated alkanes) is 1.